The highest BCUT2D eigenvalue weighted by Gasteiger charge is 2.30. The average Bonchev–Trinajstić information content (AvgIpc) is 2.89. The van der Waals surface area contributed by atoms with Crippen LogP contribution in [-0.2, 0) is 9.53 Å². The molecular weight excluding hydrogens is 261 g/mol. The number of benzene rings is 1. The summed E-state index contributed by atoms with van der Waals surface area (Å²) in [5.41, 5.74) is 1.42. The fraction of sp³-hybridized carbons (Fsp3) is 0.467. The summed E-state index contributed by atoms with van der Waals surface area (Å²) in [5, 5.41) is 4.83. The topological polar surface area (TPSA) is 52.3 Å². The molecule has 1 heterocycles. The van der Waals surface area contributed by atoms with Crippen molar-refractivity contribution < 1.29 is 18.4 Å². The predicted molar refractivity (Wildman–Crippen MR) is 70.7 cm³/mol. The molecule has 1 fully saturated rings. The van der Waals surface area contributed by atoms with Crippen molar-refractivity contribution in [3.63, 3.8) is 0 Å². The summed E-state index contributed by atoms with van der Waals surface area (Å²) in [4.78, 5) is 11.5. The Hall–Kier alpha value is -1.91. The maximum Gasteiger partial charge on any atom is 0.308 e. The van der Waals surface area contributed by atoms with Crippen LogP contribution in [0.5, 0.6) is 0 Å². The van der Waals surface area contributed by atoms with Gasteiger partial charge < -0.3 is 9.26 Å². The van der Waals surface area contributed by atoms with Gasteiger partial charge in [-0.2, -0.15) is 0 Å². The van der Waals surface area contributed by atoms with Gasteiger partial charge in [-0.15, -0.1) is 0 Å². The first-order chi connectivity index (χ1) is 9.69. The van der Waals surface area contributed by atoms with Gasteiger partial charge in [0.05, 0.1) is 18.7 Å². The molecule has 1 aromatic heterocycles. The molecule has 2 aromatic rings. The first-order valence-corrected chi connectivity index (χ1v) is 6.81. The van der Waals surface area contributed by atoms with Crippen LogP contribution < -0.4 is 0 Å². The van der Waals surface area contributed by atoms with Crippen LogP contribution >= 0.6 is 0 Å². The van der Waals surface area contributed by atoms with Crippen LogP contribution in [0.3, 0.4) is 0 Å². The minimum absolute atomic E-state index is 0.0221. The zero-order valence-electron chi connectivity index (χ0n) is 11.3. The number of hydrogen-bond acceptors (Lipinski definition) is 4. The largest absolute Gasteiger partial charge is 0.469 e. The lowest BCUT2D eigenvalue weighted by atomic mass is 9.80. The van der Waals surface area contributed by atoms with Gasteiger partial charge in [0.1, 0.15) is 5.82 Å². The molecule has 0 N–H and O–H groups in total. The number of methoxy groups -OCH3 is 1. The van der Waals surface area contributed by atoms with E-state index in [0.717, 1.165) is 36.8 Å². The summed E-state index contributed by atoms with van der Waals surface area (Å²) >= 11 is 0. The Morgan fingerprint density at radius 2 is 2.10 bits per heavy atom. The van der Waals surface area contributed by atoms with Gasteiger partial charge in [0.2, 0.25) is 0 Å². The van der Waals surface area contributed by atoms with Gasteiger partial charge in [0, 0.05) is 11.3 Å². The fourth-order valence-corrected chi connectivity index (χ4v) is 2.99. The number of nitrogens with zero attached hydrogens (tertiary/aromatic N) is 1. The van der Waals surface area contributed by atoms with Gasteiger partial charge in [-0.3, -0.25) is 4.79 Å². The second kappa shape index (κ2) is 5.23. The molecule has 4 nitrogen and oxygen atoms in total. The number of aromatic nitrogens is 1. The maximum atomic E-state index is 13.3. The van der Waals surface area contributed by atoms with Crippen molar-refractivity contribution in [3.8, 4) is 0 Å². The first-order valence-electron chi connectivity index (χ1n) is 6.81. The Morgan fingerprint density at radius 1 is 1.35 bits per heavy atom. The molecule has 1 aliphatic carbocycles. The van der Waals surface area contributed by atoms with Crippen molar-refractivity contribution in [2.45, 2.75) is 31.6 Å². The van der Waals surface area contributed by atoms with E-state index in [4.69, 9.17) is 9.26 Å². The third-order valence-electron chi connectivity index (χ3n) is 4.11. The van der Waals surface area contributed by atoms with Crippen molar-refractivity contribution >= 4 is 16.9 Å². The van der Waals surface area contributed by atoms with Crippen LogP contribution in [0.15, 0.2) is 22.7 Å². The van der Waals surface area contributed by atoms with Gasteiger partial charge in [-0.1, -0.05) is 5.16 Å². The minimum atomic E-state index is -0.287. The second-order valence-corrected chi connectivity index (χ2v) is 5.28. The Bertz CT molecular complexity index is 629. The van der Waals surface area contributed by atoms with E-state index in [9.17, 15) is 9.18 Å². The molecule has 0 unspecified atom stereocenters. The lowest BCUT2D eigenvalue weighted by Gasteiger charge is -2.25. The number of hydrogen-bond donors (Lipinski definition) is 0. The molecule has 0 saturated heterocycles. The SMILES string of the molecule is COC(=O)[C@H]1CC[C@H](c2noc3ccc(F)cc32)CC1. The number of fused-ring (bicyclic) bond motifs is 1. The molecule has 5 heteroatoms. The van der Waals surface area contributed by atoms with Crippen LogP contribution in [0, 0.1) is 11.7 Å². The summed E-state index contributed by atoms with van der Waals surface area (Å²) in [7, 11) is 1.42. The molecule has 0 spiro atoms. The molecule has 3 rings (SSSR count). The van der Waals surface area contributed by atoms with Gasteiger partial charge in [-0.05, 0) is 43.9 Å². The van der Waals surface area contributed by atoms with Crippen LogP contribution in [0.25, 0.3) is 11.0 Å². The second-order valence-electron chi connectivity index (χ2n) is 5.28. The normalized spacial score (nSPS) is 22.9. The van der Waals surface area contributed by atoms with Gasteiger partial charge in [0.25, 0.3) is 0 Å². The summed E-state index contributed by atoms with van der Waals surface area (Å²) < 4.78 is 23.4. The van der Waals surface area contributed by atoms with Crippen LogP contribution in [0.1, 0.15) is 37.3 Å². The first kappa shape index (κ1) is 13.1. The van der Waals surface area contributed by atoms with E-state index in [1.807, 2.05) is 0 Å². The lowest BCUT2D eigenvalue weighted by Crippen LogP contribution is -2.22. The molecule has 106 valence electrons. The molecule has 1 saturated carbocycles. The summed E-state index contributed by atoms with van der Waals surface area (Å²) in [6, 6.07) is 4.43. The van der Waals surface area contributed by atoms with E-state index in [1.165, 1.54) is 19.2 Å². The van der Waals surface area contributed by atoms with Crippen LogP contribution in [0.4, 0.5) is 4.39 Å². The Morgan fingerprint density at radius 3 is 2.80 bits per heavy atom. The lowest BCUT2D eigenvalue weighted by molar-refractivity contribution is -0.146. The Labute approximate surface area is 115 Å². The zero-order chi connectivity index (χ0) is 14.1. The summed E-state index contributed by atoms with van der Waals surface area (Å²) in [6.07, 6.45) is 3.25. The van der Waals surface area contributed by atoms with Crippen molar-refractivity contribution in [2.24, 2.45) is 5.92 Å². The van der Waals surface area contributed by atoms with Crippen molar-refractivity contribution in [1.29, 1.82) is 0 Å². The predicted octanol–water partition coefficient (Wildman–Crippen LogP) is 3.41. The highest BCUT2D eigenvalue weighted by atomic mass is 19.1. The van der Waals surface area contributed by atoms with E-state index in [2.05, 4.69) is 5.16 Å². The van der Waals surface area contributed by atoms with Crippen molar-refractivity contribution in [2.75, 3.05) is 7.11 Å². The average molecular weight is 277 g/mol. The molecule has 0 atom stereocenters. The number of carbonyl (C=O) groups is 1. The Balaban J connectivity index is 1.80. The van der Waals surface area contributed by atoms with E-state index in [-0.39, 0.29) is 23.6 Å². The third-order valence-corrected chi connectivity index (χ3v) is 4.11. The smallest absolute Gasteiger partial charge is 0.308 e. The fourth-order valence-electron chi connectivity index (χ4n) is 2.99. The van der Waals surface area contributed by atoms with Crippen molar-refractivity contribution in [3.05, 3.63) is 29.7 Å². The monoisotopic (exact) mass is 277 g/mol. The standard InChI is InChI=1S/C15H16FNO3/c1-19-15(18)10-4-2-9(3-5-10)14-12-8-11(16)6-7-13(12)20-17-14/h6-10H,2-5H2,1H3/t9-,10-. The van der Waals surface area contributed by atoms with E-state index in [1.54, 1.807) is 6.07 Å². The quantitative estimate of drug-likeness (QED) is 0.789. The van der Waals surface area contributed by atoms with E-state index >= 15 is 0 Å². The van der Waals surface area contributed by atoms with E-state index in [0.29, 0.717) is 5.58 Å². The number of carbonyl (C=O) groups excluding carboxylic acids is 1. The molecule has 0 aliphatic heterocycles. The maximum absolute atomic E-state index is 13.3. The number of rotatable bonds is 2. The van der Waals surface area contributed by atoms with Gasteiger partial charge >= 0.3 is 5.97 Å². The van der Waals surface area contributed by atoms with Crippen molar-refractivity contribution in [1.82, 2.24) is 5.16 Å². The molecule has 0 bridgehead atoms. The summed E-state index contributed by atoms with van der Waals surface area (Å²) in [6.45, 7) is 0. The van der Waals surface area contributed by atoms with Crippen LogP contribution in [-0.4, -0.2) is 18.2 Å². The summed E-state index contributed by atoms with van der Waals surface area (Å²) in [5.74, 6) is -0.227. The van der Waals surface area contributed by atoms with Crippen LogP contribution in [0.2, 0.25) is 0 Å². The third kappa shape index (κ3) is 2.28. The minimum Gasteiger partial charge on any atom is -0.469 e. The number of halogens is 1. The molecule has 0 radical (unpaired) electrons. The van der Waals surface area contributed by atoms with E-state index < -0.39 is 0 Å². The number of ether oxygens (including phenoxy) is 1. The molecule has 20 heavy (non-hydrogen) atoms. The van der Waals surface area contributed by atoms with Gasteiger partial charge in [-0.25, -0.2) is 4.39 Å². The number of esters is 1. The molecule has 1 aliphatic rings. The zero-order valence-corrected chi connectivity index (χ0v) is 11.3. The highest BCUT2D eigenvalue weighted by Crippen LogP contribution is 2.38. The molecular formula is C15H16FNO3. The van der Waals surface area contributed by atoms with Gasteiger partial charge in [0.15, 0.2) is 5.58 Å². The highest BCUT2D eigenvalue weighted by molar-refractivity contribution is 5.80. The Kier molecular flexibility index (Phi) is 3.42. The molecule has 0 amide bonds. The molecule has 1 aromatic carbocycles.